The highest BCUT2D eigenvalue weighted by Gasteiger charge is 2.13. The van der Waals surface area contributed by atoms with Crippen LogP contribution in [0.1, 0.15) is 11.1 Å². The second-order valence-corrected chi connectivity index (χ2v) is 8.03. The minimum absolute atomic E-state index is 0.110. The Morgan fingerprint density at radius 3 is 2.46 bits per heavy atom. The average molecular weight is 366 g/mol. The molecule has 2 rings (SSSR count). The van der Waals surface area contributed by atoms with Crippen LogP contribution < -0.4 is 4.72 Å². The van der Waals surface area contributed by atoms with Gasteiger partial charge in [-0.2, -0.15) is 11.8 Å². The quantitative estimate of drug-likeness (QED) is 0.419. The predicted molar refractivity (Wildman–Crippen MR) is 96.3 cm³/mol. The standard InChI is InChI=1S/C16H18N2O4S2/c19-18(20)16-8-4-7-15(11-16)13-24(21,22)17-9-10-23-12-14-5-2-1-3-6-14/h1-8,11,17H,9-10,12-13H2. The Bertz CT molecular complexity index is 780. The lowest BCUT2D eigenvalue weighted by atomic mass is 10.2. The van der Waals surface area contributed by atoms with E-state index in [0.717, 1.165) is 5.75 Å². The SMILES string of the molecule is O=[N+]([O-])c1cccc(CS(=O)(=O)NCCSCc2ccccc2)c1. The molecule has 0 radical (unpaired) electrons. The number of sulfonamides is 1. The number of rotatable bonds is 9. The molecule has 0 heterocycles. The number of nitro benzene ring substituents is 1. The van der Waals surface area contributed by atoms with E-state index in [1.165, 1.54) is 23.8 Å². The highest BCUT2D eigenvalue weighted by atomic mass is 32.2. The molecule has 0 amide bonds. The van der Waals surface area contributed by atoms with Crippen molar-refractivity contribution >= 4 is 27.5 Å². The Labute approximate surface area is 145 Å². The van der Waals surface area contributed by atoms with Gasteiger partial charge in [-0.15, -0.1) is 0 Å². The summed E-state index contributed by atoms with van der Waals surface area (Å²) in [6.45, 7) is 0.328. The Kier molecular flexibility index (Phi) is 6.77. The number of nitrogens with zero attached hydrogens (tertiary/aromatic N) is 1. The average Bonchev–Trinajstić information content (AvgIpc) is 2.55. The third-order valence-electron chi connectivity index (χ3n) is 3.16. The van der Waals surface area contributed by atoms with Crippen molar-refractivity contribution in [3.63, 3.8) is 0 Å². The molecule has 0 saturated heterocycles. The van der Waals surface area contributed by atoms with E-state index >= 15 is 0 Å². The first-order valence-corrected chi connectivity index (χ1v) is 10.1. The number of benzene rings is 2. The molecule has 24 heavy (non-hydrogen) atoms. The van der Waals surface area contributed by atoms with Crippen LogP contribution >= 0.6 is 11.8 Å². The van der Waals surface area contributed by atoms with Gasteiger partial charge >= 0.3 is 0 Å². The highest BCUT2D eigenvalue weighted by Crippen LogP contribution is 2.15. The number of thioether (sulfide) groups is 1. The summed E-state index contributed by atoms with van der Waals surface area (Å²) in [6.07, 6.45) is 0. The molecule has 0 aliphatic rings. The van der Waals surface area contributed by atoms with Gasteiger partial charge in [-0.25, -0.2) is 13.1 Å². The minimum Gasteiger partial charge on any atom is -0.258 e. The number of nitrogens with one attached hydrogen (secondary N) is 1. The monoisotopic (exact) mass is 366 g/mol. The van der Waals surface area contributed by atoms with E-state index in [4.69, 9.17) is 0 Å². The number of hydrogen-bond acceptors (Lipinski definition) is 5. The van der Waals surface area contributed by atoms with E-state index in [0.29, 0.717) is 17.9 Å². The zero-order chi connectivity index (χ0) is 17.4. The van der Waals surface area contributed by atoms with Crippen LogP contribution in [-0.2, 0) is 21.5 Å². The van der Waals surface area contributed by atoms with Gasteiger partial charge in [0.1, 0.15) is 0 Å². The van der Waals surface area contributed by atoms with Gasteiger partial charge in [-0.3, -0.25) is 10.1 Å². The molecule has 6 nitrogen and oxygen atoms in total. The minimum atomic E-state index is -3.51. The molecule has 0 fully saturated rings. The second-order valence-electron chi connectivity index (χ2n) is 5.12. The van der Waals surface area contributed by atoms with Crippen molar-refractivity contribution < 1.29 is 13.3 Å². The maximum absolute atomic E-state index is 12.0. The van der Waals surface area contributed by atoms with Crippen LogP contribution in [0.15, 0.2) is 54.6 Å². The van der Waals surface area contributed by atoms with Gasteiger partial charge in [0, 0.05) is 30.2 Å². The summed E-state index contributed by atoms with van der Waals surface area (Å²) in [5, 5.41) is 10.7. The Hall–Kier alpha value is -1.90. The molecule has 2 aromatic rings. The van der Waals surface area contributed by atoms with Gasteiger partial charge in [0.25, 0.3) is 5.69 Å². The number of nitro groups is 1. The molecule has 0 saturated carbocycles. The molecule has 0 aliphatic carbocycles. The maximum atomic E-state index is 12.0. The van der Waals surface area contributed by atoms with E-state index in [-0.39, 0.29) is 11.4 Å². The fraction of sp³-hybridized carbons (Fsp3) is 0.250. The first kappa shape index (κ1) is 18.4. The Morgan fingerprint density at radius 2 is 1.75 bits per heavy atom. The Morgan fingerprint density at radius 1 is 1.04 bits per heavy atom. The van der Waals surface area contributed by atoms with Gasteiger partial charge < -0.3 is 0 Å². The molecule has 128 valence electrons. The van der Waals surface area contributed by atoms with Gasteiger partial charge in [-0.1, -0.05) is 42.5 Å². The summed E-state index contributed by atoms with van der Waals surface area (Å²) in [6, 6.07) is 15.6. The third kappa shape index (κ3) is 6.31. The van der Waals surface area contributed by atoms with E-state index in [1.807, 2.05) is 30.3 Å². The summed E-state index contributed by atoms with van der Waals surface area (Å²) in [4.78, 5) is 10.2. The van der Waals surface area contributed by atoms with Crippen LogP contribution in [0.25, 0.3) is 0 Å². The molecular weight excluding hydrogens is 348 g/mol. The van der Waals surface area contributed by atoms with Crippen LogP contribution in [0.2, 0.25) is 0 Å². The van der Waals surface area contributed by atoms with E-state index < -0.39 is 14.9 Å². The topological polar surface area (TPSA) is 89.3 Å². The van der Waals surface area contributed by atoms with Gasteiger partial charge in [0.2, 0.25) is 10.0 Å². The molecule has 0 unspecified atom stereocenters. The van der Waals surface area contributed by atoms with Gasteiger partial charge in [-0.05, 0) is 11.1 Å². The lowest BCUT2D eigenvalue weighted by Crippen LogP contribution is -2.27. The molecule has 0 aliphatic heterocycles. The van der Waals surface area contributed by atoms with Crippen LogP contribution in [0.3, 0.4) is 0 Å². The number of non-ortho nitro benzene ring substituents is 1. The van der Waals surface area contributed by atoms with Crippen LogP contribution in [0, 0.1) is 10.1 Å². The third-order valence-corrected chi connectivity index (χ3v) is 5.55. The van der Waals surface area contributed by atoms with Gasteiger partial charge in [0.15, 0.2) is 0 Å². The smallest absolute Gasteiger partial charge is 0.258 e. The van der Waals surface area contributed by atoms with Crippen molar-refractivity contribution in [1.82, 2.24) is 4.72 Å². The second kappa shape index (κ2) is 8.81. The molecule has 8 heteroatoms. The molecular formula is C16H18N2O4S2. The van der Waals surface area contributed by atoms with Crippen molar-refractivity contribution in [1.29, 1.82) is 0 Å². The normalized spacial score (nSPS) is 11.3. The molecule has 1 N–H and O–H groups in total. The Balaban J connectivity index is 1.77. The number of hydrogen-bond donors (Lipinski definition) is 1. The van der Waals surface area contributed by atoms with Crippen LogP contribution in [-0.4, -0.2) is 25.6 Å². The van der Waals surface area contributed by atoms with Crippen molar-refractivity contribution in [3.05, 3.63) is 75.8 Å². The molecule has 0 spiro atoms. The molecule has 0 aromatic heterocycles. The van der Waals surface area contributed by atoms with Gasteiger partial charge in [0.05, 0.1) is 10.7 Å². The zero-order valence-electron chi connectivity index (χ0n) is 12.9. The molecule has 0 atom stereocenters. The fourth-order valence-electron chi connectivity index (χ4n) is 2.06. The lowest BCUT2D eigenvalue weighted by molar-refractivity contribution is -0.384. The van der Waals surface area contributed by atoms with Crippen LogP contribution in [0.4, 0.5) is 5.69 Å². The summed E-state index contributed by atoms with van der Waals surface area (Å²) in [7, 11) is -3.51. The van der Waals surface area contributed by atoms with E-state index in [2.05, 4.69) is 4.72 Å². The lowest BCUT2D eigenvalue weighted by Gasteiger charge is -2.07. The predicted octanol–water partition coefficient (Wildman–Crippen LogP) is 2.95. The molecule has 2 aromatic carbocycles. The van der Waals surface area contributed by atoms with Crippen molar-refractivity contribution in [2.75, 3.05) is 12.3 Å². The van der Waals surface area contributed by atoms with Crippen LogP contribution in [0.5, 0.6) is 0 Å². The first-order chi connectivity index (χ1) is 11.5. The fourth-order valence-corrected chi connectivity index (χ4v) is 4.15. The first-order valence-electron chi connectivity index (χ1n) is 7.28. The van der Waals surface area contributed by atoms with Crippen molar-refractivity contribution in [3.8, 4) is 0 Å². The highest BCUT2D eigenvalue weighted by molar-refractivity contribution is 7.98. The summed E-state index contributed by atoms with van der Waals surface area (Å²) < 4.78 is 26.6. The van der Waals surface area contributed by atoms with Crippen molar-refractivity contribution in [2.24, 2.45) is 0 Å². The van der Waals surface area contributed by atoms with Crippen molar-refractivity contribution in [2.45, 2.75) is 11.5 Å². The largest absolute Gasteiger partial charge is 0.269 e. The molecule has 0 bridgehead atoms. The summed E-state index contributed by atoms with van der Waals surface area (Å²) in [5.41, 5.74) is 1.48. The summed E-state index contributed by atoms with van der Waals surface area (Å²) in [5.74, 6) is 1.22. The zero-order valence-corrected chi connectivity index (χ0v) is 14.6. The summed E-state index contributed by atoms with van der Waals surface area (Å²) >= 11 is 1.64. The van der Waals surface area contributed by atoms with E-state index in [9.17, 15) is 18.5 Å². The maximum Gasteiger partial charge on any atom is 0.269 e. The van der Waals surface area contributed by atoms with E-state index in [1.54, 1.807) is 17.8 Å².